The van der Waals surface area contributed by atoms with Gasteiger partial charge in [0.25, 0.3) is 0 Å². The van der Waals surface area contributed by atoms with Crippen molar-refractivity contribution in [3.8, 4) is 0 Å². The molecule has 0 heterocycles. The molecule has 15 heavy (non-hydrogen) atoms. The molecule has 0 aliphatic rings. The topological polar surface area (TPSA) is 64.3 Å². The molecule has 2 atom stereocenters. The molecule has 0 fully saturated rings. The predicted molar refractivity (Wildman–Crippen MR) is 61.6 cm³/mol. The van der Waals surface area contributed by atoms with E-state index in [1.54, 1.807) is 0 Å². The third-order valence-corrected chi connectivity index (χ3v) is 2.53. The van der Waals surface area contributed by atoms with Crippen LogP contribution in [0.25, 0.3) is 0 Å². The Hall–Kier alpha value is -0.610. The van der Waals surface area contributed by atoms with Gasteiger partial charge in [0.1, 0.15) is 0 Å². The summed E-state index contributed by atoms with van der Waals surface area (Å²) < 4.78 is 5.16. The van der Waals surface area contributed by atoms with Gasteiger partial charge in [-0.2, -0.15) is 0 Å². The van der Waals surface area contributed by atoms with Gasteiger partial charge in [0.2, 0.25) is 5.91 Å². The Balaban J connectivity index is 3.56. The average molecular weight is 216 g/mol. The molecule has 0 aliphatic heterocycles. The van der Waals surface area contributed by atoms with E-state index in [1.165, 1.54) is 0 Å². The van der Waals surface area contributed by atoms with E-state index in [0.29, 0.717) is 13.2 Å². The molecule has 0 aliphatic carbocycles. The van der Waals surface area contributed by atoms with E-state index in [4.69, 9.17) is 10.5 Å². The minimum atomic E-state index is -0.387. The molecule has 3 N–H and O–H groups in total. The first-order chi connectivity index (χ1) is 7.13. The summed E-state index contributed by atoms with van der Waals surface area (Å²) in [6, 6.07) is -0.387. The number of carbonyl (C=O) groups excluding carboxylic acids is 1. The first-order valence-corrected chi connectivity index (χ1v) is 5.74. The molecular weight excluding hydrogens is 192 g/mol. The largest absolute Gasteiger partial charge is 0.382 e. The quantitative estimate of drug-likeness (QED) is 0.593. The molecule has 0 rings (SSSR count). The molecule has 4 heteroatoms. The summed E-state index contributed by atoms with van der Waals surface area (Å²) in [5.74, 6) is 0.178. The van der Waals surface area contributed by atoms with Crippen LogP contribution in [-0.4, -0.2) is 31.7 Å². The third kappa shape index (κ3) is 6.47. The van der Waals surface area contributed by atoms with E-state index < -0.39 is 0 Å². The van der Waals surface area contributed by atoms with Crippen molar-refractivity contribution >= 4 is 5.91 Å². The Morgan fingerprint density at radius 2 is 2.13 bits per heavy atom. The van der Waals surface area contributed by atoms with Gasteiger partial charge in [-0.25, -0.2) is 0 Å². The van der Waals surface area contributed by atoms with Gasteiger partial charge < -0.3 is 15.8 Å². The summed E-state index contributed by atoms with van der Waals surface area (Å²) in [4.78, 5) is 11.5. The number of hydrogen-bond acceptors (Lipinski definition) is 3. The molecule has 0 bridgehead atoms. The Kier molecular flexibility index (Phi) is 8.33. The maximum Gasteiger partial charge on any atom is 0.237 e. The molecular formula is C11H24N2O2. The van der Waals surface area contributed by atoms with Gasteiger partial charge in [0, 0.05) is 19.8 Å². The Morgan fingerprint density at radius 3 is 2.67 bits per heavy atom. The van der Waals surface area contributed by atoms with E-state index in [2.05, 4.69) is 5.32 Å². The van der Waals surface area contributed by atoms with Gasteiger partial charge in [-0.3, -0.25) is 4.79 Å². The van der Waals surface area contributed by atoms with Crippen LogP contribution in [0.2, 0.25) is 0 Å². The fourth-order valence-electron chi connectivity index (χ4n) is 1.16. The number of amides is 1. The van der Waals surface area contributed by atoms with Gasteiger partial charge in [-0.05, 0) is 19.3 Å². The monoisotopic (exact) mass is 216 g/mol. The number of rotatable bonds is 8. The molecule has 0 aromatic carbocycles. The maximum atomic E-state index is 11.5. The highest BCUT2D eigenvalue weighted by Gasteiger charge is 2.18. The van der Waals surface area contributed by atoms with Gasteiger partial charge in [0.05, 0.1) is 6.04 Å². The average Bonchev–Trinajstić information content (AvgIpc) is 2.26. The fraction of sp³-hybridized carbons (Fsp3) is 0.909. The molecule has 0 saturated carbocycles. The van der Waals surface area contributed by atoms with Crippen molar-refractivity contribution in [3.63, 3.8) is 0 Å². The van der Waals surface area contributed by atoms with Crippen LogP contribution in [0.1, 0.15) is 33.6 Å². The molecule has 4 nitrogen and oxygen atoms in total. The molecule has 0 aromatic heterocycles. The van der Waals surface area contributed by atoms with Gasteiger partial charge >= 0.3 is 0 Å². The van der Waals surface area contributed by atoms with Crippen LogP contribution < -0.4 is 11.1 Å². The lowest BCUT2D eigenvalue weighted by Gasteiger charge is -2.17. The van der Waals surface area contributed by atoms with Crippen LogP contribution in [0.15, 0.2) is 0 Å². The fourth-order valence-corrected chi connectivity index (χ4v) is 1.16. The van der Waals surface area contributed by atoms with E-state index in [0.717, 1.165) is 19.4 Å². The minimum Gasteiger partial charge on any atom is -0.382 e. The summed E-state index contributed by atoms with van der Waals surface area (Å²) in [7, 11) is 0. The molecule has 90 valence electrons. The summed E-state index contributed by atoms with van der Waals surface area (Å²) in [6.45, 7) is 8.04. The number of nitrogens with two attached hydrogens (primary N) is 1. The van der Waals surface area contributed by atoms with Crippen LogP contribution in [0.3, 0.4) is 0 Å². The van der Waals surface area contributed by atoms with Crippen molar-refractivity contribution in [3.05, 3.63) is 0 Å². The Morgan fingerprint density at radius 1 is 1.47 bits per heavy atom. The minimum absolute atomic E-state index is 0.0548. The normalized spacial score (nSPS) is 14.7. The highest BCUT2D eigenvalue weighted by Crippen LogP contribution is 2.04. The Labute approximate surface area is 92.6 Å². The predicted octanol–water partition coefficient (Wildman–Crippen LogP) is 0.903. The van der Waals surface area contributed by atoms with Crippen LogP contribution in [0.5, 0.6) is 0 Å². The van der Waals surface area contributed by atoms with Gasteiger partial charge in [0.15, 0.2) is 0 Å². The lowest BCUT2D eigenvalue weighted by molar-refractivity contribution is -0.123. The lowest BCUT2D eigenvalue weighted by atomic mass is 9.99. The SMILES string of the molecule is CCOCCCNC(=O)[C@H](N)[C@H](C)CC. The first kappa shape index (κ1) is 14.4. The number of nitrogens with one attached hydrogen (secondary N) is 1. The molecule has 0 spiro atoms. The van der Waals surface area contributed by atoms with E-state index in [1.807, 2.05) is 20.8 Å². The van der Waals surface area contributed by atoms with Crippen LogP contribution in [0, 0.1) is 5.92 Å². The zero-order valence-electron chi connectivity index (χ0n) is 10.1. The number of carbonyl (C=O) groups is 1. The van der Waals surface area contributed by atoms with E-state index >= 15 is 0 Å². The zero-order chi connectivity index (χ0) is 11.7. The standard InChI is InChI=1S/C11H24N2O2/c1-4-9(3)10(12)11(14)13-7-6-8-15-5-2/h9-10H,4-8,12H2,1-3H3,(H,13,14)/t9-,10-/m1/s1. The molecule has 0 unspecified atom stereocenters. The van der Waals surface area contributed by atoms with Crippen molar-refractivity contribution in [2.75, 3.05) is 19.8 Å². The maximum absolute atomic E-state index is 11.5. The second-order valence-corrected chi connectivity index (χ2v) is 3.75. The summed E-state index contributed by atoms with van der Waals surface area (Å²) >= 11 is 0. The summed E-state index contributed by atoms with van der Waals surface area (Å²) in [6.07, 6.45) is 1.76. The van der Waals surface area contributed by atoms with Crippen molar-refractivity contribution in [2.24, 2.45) is 11.7 Å². The molecule has 0 saturated heterocycles. The number of hydrogen-bond donors (Lipinski definition) is 2. The smallest absolute Gasteiger partial charge is 0.237 e. The molecule has 0 aromatic rings. The van der Waals surface area contributed by atoms with Crippen molar-refractivity contribution < 1.29 is 9.53 Å². The van der Waals surface area contributed by atoms with Gasteiger partial charge in [-0.15, -0.1) is 0 Å². The summed E-state index contributed by atoms with van der Waals surface area (Å²) in [5.41, 5.74) is 5.77. The highest BCUT2D eigenvalue weighted by atomic mass is 16.5. The second-order valence-electron chi connectivity index (χ2n) is 3.75. The first-order valence-electron chi connectivity index (χ1n) is 5.74. The van der Waals surface area contributed by atoms with E-state index in [9.17, 15) is 4.79 Å². The molecule has 0 radical (unpaired) electrons. The van der Waals surface area contributed by atoms with E-state index in [-0.39, 0.29) is 17.9 Å². The van der Waals surface area contributed by atoms with Crippen molar-refractivity contribution in [2.45, 2.75) is 39.7 Å². The second kappa shape index (κ2) is 8.68. The van der Waals surface area contributed by atoms with Crippen LogP contribution in [-0.2, 0) is 9.53 Å². The van der Waals surface area contributed by atoms with Crippen LogP contribution in [0.4, 0.5) is 0 Å². The molecule has 1 amide bonds. The zero-order valence-corrected chi connectivity index (χ0v) is 10.1. The Bertz CT molecular complexity index is 174. The lowest BCUT2D eigenvalue weighted by Crippen LogP contribution is -2.44. The summed E-state index contributed by atoms with van der Waals surface area (Å²) in [5, 5.41) is 2.81. The van der Waals surface area contributed by atoms with Gasteiger partial charge in [-0.1, -0.05) is 20.3 Å². The third-order valence-electron chi connectivity index (χ3n) is 2.53. The number of ether oxygens (including phenoxy) is 1. The van der Waals surface area contributed by atoms with Crippen LogP contribution >= 0.6 is 0 Å². The van der Waals surface area contributed by atoms with Crippen molar-refractivity contribution in [1.29, 1.82) is 0 Å². The van der Waals surface area contributed by atoms with Crippen molar-refractivity contribution in [1.82, 2.24) is 5.32 Å². The highest BCUT2D eigenvalue weighted by molar-refractivity contribution is 5.81.